The number of ether oxygens (including phenoxy) is 1. The molecule has 4 heteroatoms. The number of hydrogen-bond acceptors (Lipinski definition) is 4. The minimum Gasteiger partial charge on any atom is -0.491 e. The van der Waals surface area contributed by atoms with Crippen molar-refractivity contribution in [2.45, 2.75) is 26.7 Å². The number of para-hydroxylation sites is 1. The average Bonchev–Trinajstić information content (AvgIpc) is 2.53. The van der Waals surface area contributed by atoms with Crippen molar-refractivity contribution in [2.24, 2.45) is 0 Å². The van der Waals surface area contributed by atoms with Crippen LogP contribution in [0.2, 0.25) is 0 Å². The second-order valence-corrected chi connectivity index (χ2v) is 5.44. The Bertz CT molecular complexity index is 674. The Hall–Kier alpha value is -2.54. The van der Waals surface area contributed by atoms with Gasteiger partial charge in [-0.3, -0.25) is 0 Å². The predicted molar refractivity (Wildman–Crippen MR) is 88.2 cm³/mol. The fourth-order valence-corrected chi connectivity index (χ4v) is 2.17. The van der Waals surface area contributed by atoms with Gasteiger partial charge in [0.15, 0.2) is 0 Å². The molecule has 1 heterocycles. The van der Waals surface area contributed by atoms with Gasteiger partial charge < -0.3 is 10.1 Å². The van der Waals surface area contributed by atoms with Gasteiger partial charge in [-0.05, 0) is 36.1 Å². The third kappa shape index (κ3) is 3.98. The van der Waals surface area contributed by atoms with Gasteiger partial charge >= 0.3 is 0 Å². The first-order chi connectivity index (χ1) is 10.6. The quantitative estimate of drug-likeness (QED) is 0.822. The van der Waals surface area contributed by atoms with E-state index < -0.39 is 0 Å². The van der Waals surface area contributed by atoms with Crippen LogP contribution in [0.5, 0.6) is 5.75 Å². The molecule has 0 radical (unpaired) electrons. The standard InChI is InChI=1S/C18H21N3O/c1-13(2)15-6-4-5-7-17(15)22-11-10-20-18-9-8-14(3)16(12-19)21-18/h4-9,13H,10-11H2,1-3H3,(H,20,21). The van der Waals surface area contributed by atoms with Gasteiger partial charge in [0.25, 0.3) is 0 Å². The van der Waals surface area contributed by atoms with E-state index in [-0.39, 0.29) is 0 Å². The minimum absolute atomic E-state index is 0.432. The summed E-state index contributed by atoms with van der Waals surface area (Å²) in [6.07, 6.45) is 0. The van der Waals surface area contributed by atoms with E-state index in [2.05, 4.69) is 36.3 Å². The number of aryl methyl sites for hydroxylation is 1. The smallest absolute Gasteiger partial charge is 0.145 e. The van der Waals surface area contributed by atoms with Gasteiger partial charge in [0.1, 0.15) is 29.9 Å². The highest BCUT2D eigenvalue weighted by Crippen LogP contribution is 2.25. The van der Waals surface area contributed by atoms with Crippen molar-refractivity contribution in [3.63, 3.8) is 0 Å². The summed E-state index contributed by atoms with van der Waals surface area (Å²) in [5, 5.41) is 12.2. The van der Waals surface area contributed by atoms with Gasteiger partial charge in [0.2, 0.25) is 0 Å². The van der Waals surface area contributed by atoms with E-state index >= 15 is 0 Å². The average molecular weight is 295 g/mol. The molecule has 2 aromatic rings. The van der Waals surface area contributed by atoms with E-state index in [9.17, 15) is 0 Å². The van der Waals surface area contributed by atoms with Crippen LogP contribution in [0.25, 0.3) is 0 Å². The molecule has 0 saturated heterocycles. The molecule has 1 aromatic carbocycles. The molecule has 0 aliphatic heterocycles. The molecule has 0 atom stereocenters. The van der Waals surface area contributed by atoms with Gasteiger partial charge in [-0.15, -0.1) is 0 Å². The highest BCUT2D eigenvalue weighted by Gasteiger charge is 2.06. The maximum Gasteiger partial charge on any atom is 0.145 e. The predicted octanol–water partition coefficient (Wildman–Crippen LogP) is 3.88. The number of pyridine rings is 1. The molecule has 0 aliphatic carbocycles. The Balaban J connectivity index is 1.89. The Morgan fingerprint density at radius 3 is 2.73 bits per heavy atom. The largest absolute Gasteiger partial charge is 0.491 e. The first-order valence-corrected chi connectivity index (χ1v) is 7.45. The van der Waals surface area contributed by atoms with Crippen molar-refractivity contribution in [2.75, 3.05) is 18.5 Å². The normalized spacial score (nSPS) is 10.3. The number of anilines is 1. The summed E-state index contributed by atoms with van der Waals surface area (Å²) in [6, 6.07) is 13.9. The van der Waals surface area contributed by atoms with E-state index in [0.29, 0.717) is 30.6 Å². The number of nitriles is 1. The SMILES string of the molecule is Cc1ccc(NCCOc2ccccc2C(C)C)nc1C#N. The van der Waals surface area contributed by atoms with Crippen molar-refractivity contribution in [1.82, 2.24) is 4.98 Å². The number of benzene rings is 1. The fraction of sp³-hybridized carbons (Fsp3) is 0.333. The molecular weight excluding hydrogens is 274 g/mol. The molecule has 0 saturated carbocycles. The lowest BCUT2D eigenvalue weighted by atomic mass is 10.0. The topological polar surface area (TPSA) is 57.9 Å². The third-order valence-electron chi connectivity index (χ3n) is 3.41. The minimum atomic E-state index is 0.432. The first-order valence-electron chi connectivity index (χ1n) is 7.45. The molecule has 1 aromatic heterocycles. The van der Waals surface area contributed by atoms with E-state index in [0.717, 1.165) is 11.3 Å². The molecule has 4 nitrogen and oxygen atoms in total. The Morgan fingerprint density at radius 1 is 1.23 bits per heavy atom. The molecule has 1 N–H and O–H groups in total. The van der Waals surface area contributed by atoms with Gasteiger partial charge in [-0.25, -0.2) is 4.98 Å². The van der Waals surface area contributed by atoms with Gasteiger partial charge in [0, 0.05) is 0 Å². The van der Waals surface area contributed by atoms with Crippen LogP contribution in [0.15, 0.2) is 36.4 Å². The number of nitrogens with one attached hydrogen (secondary N) is 1. The molecule has 0 bridgehead atoms. The maximum atomic E-state index is 8.98. The summed E-state index contributed by atoms with van der Waals surface area (Å²) in [5.41, 5.74) is 2.55. The Morgan fingerprint density at radius 2 is 2.00 bits per heavy atom. The summed E-state index contributed by atoms with van der Waals surface area (Å²) >= 11 is 0. The second kappa shape index (κ2) is 7.46. The van der Waals surface area contributed by atoms with Crippen LogP contribution >= 0.6 is 0 Å². The van der Waals surface area contributed by atoms with E-state index in [1.807, 2.05) is 37.3 Å². The van der Waals surface area contributed by atoms with Crippen molar-refractivity contribution in [3.05, 3.63) is 53.2 Å². The van der Waals surface area contributed by atoms with Crippen LogP contribution in [-0.2, 0) is 0 Å². The molecular formula is C18H21N3O. The summed E-state index contributed by atoms with van der Waals surface area (Å²) in [4.78, 5) is 4.25. The Kier molecular flexibility index (Phi) is 5.37. The highest BCUT2D eigenvalue weighted by molar-refractivity contribution is 5.42. The van der Waals surface area contributed by atoms with Crippen molar-refractivity contribution in [3.8, 4) is 11.8 Å². The van der Waals surface area contributed by atoms with Crippen LogP contribution in [0, 0.1) is 18.3 Å². The molecule has 22 heavy (non-hydrogen) atoms. The molecule has 2 rings (SSSR count). The van der Waals surface area contributed by atoms with E-state index in [4.69, 9.17) is 10.00 Å². The summed E-state index contributed by atoms with van der Waals surface area (Å²) in [7, 11) is 0. The fourth-order valence-electron chi connectivity index (χ4n) is 2.17. The van der Waals surface area contributed by atoms with E-state index in [1.165, 1.54) is 5.56 Å². The first kappa shape index (κ1) is 15.8. The molecule has 0 aliphatic rings. The van der Waals surface area contributed by atoms with Gasteiger partial charge in [0.05, 0.1) is 6.54 Å². The van der Waals surface area contributed by atoms with Gasteiger partial charge in [-0.1, -0.05) is 38.1 Å². The van der Waals surface area contributed by atoms with Crippen molar-refractivity contribution in [1.29, 1.82) is 5.26 Å². The molecule has 0 unspecified atom stereocenters. The highest BCUT2D eigenvalue weighted by atomic mass is 16.5. The second-order valence-electron chi connectivity index (χ2n) is 5.44. The van der Waals surface area contributed by atoms with Crippen LogP contribution in [0.3, 0.4) is 0 Å². The maximum absolute atomic E-state index is 8.98. The lowest BCUT2D eigenvalue weighted by molar-refractivity contribution is 0.328. The molecule has 114 valence electrons. The summed E-state index contributed by atoms with van der Waals surface area (Å²) in [5.74, 6) is 2.05. The number of aromatic nitrogens is 1. The monoisotopic (exact) mass is 295 g/mol. The summed E-state index contributed by atoms with van der Waals surface area (Å²) in [6.45, 7) is 7.36. The van der Waals surface area contributed by atoms with Gasteiger partial charge in [-0.2, -0.15) is 5.26 Å². The van der Waals surface area contributed by atoms with Crippen LogP contribution in [-0.4, -0.2) is 18.1 Å². The zero-order valence-electron chi connectivity index (χ0n) is 13.3. The van der Waals surface area contributed by atoms with Crippen molar-refractivity contribution < 1.29 is 4.74 Å². The molecule has 0 amide bonds. The third-order valence-corrected chi connectivity index (χ3v) is 3.41. The number of hydrogen-bond donors (Lipinski definition) is 1. The lowest BCUT2D eigenvalue weighted by Gasteiger charge is -2.14. The number of rotatable bonds is 6. The van der Waals surface area contributed by atoms with Crippen LogP contribution in [0.1, 0.15) is 36.6 Å². The van der Waals surface area contributed by atoms with Crippen LogP contribution in [0.4, 0.5) is 5.82 Å². The molecule has 0 spiro atoms. The number of nitrogens with zero attached hydrogens (tertiary/aromatic N) is 2. The zero-order chi connectivity index (χ0) is 15.9. The zero-order valence-corrected chi connectivity index (χ0v) is 13.3. The Labute approximate surface area is 131 Å². The van der Waals surface area contributed by atoms with Crippen molar-refractivity contribution >= 4 is 5.82 Å². The van der Waals surface area contributed by atoms with E-state index in [1.54, 1.807) is 0 Å². The lowest BCUT2D eigenvalue weighted by Crippen LogP contribution is -2.13. The summed E-state index contributed by atoms with van der Waals surface area (Å²) < 4.78 is 5.85. The van der Waals surface area contributed by atoms with Crippen LogP contribution < -0.4 is 10.1 Å². The molecule has 0 fully saturated rings.